The Labute approximate surface area is 211 Å². The zero-order valence-corrected chi connectivity index (χ0v) is 21.3. The number of carboxylic acid groups (broad SMARTS) is 1. The second kappa shape index (κ2) is 11.8. The van der Waals surface area contributed by atoms with Gasteiger partial charge in [0.1, 0.15) is 0 Å². The number of benzene rings is 3. The highest BCUT2D eigenvalue weighted by atomic mass is 35.5. The van der Waals surface area contributed by atoms with Crippen molar-refractivity contribution in [2.24, 2.45) is 0 Å². The Kier molecular flexibility index (Phi) is 9.08. The lowest BCUT2D eigenvalue weighted by atomic mass is 10.1. The van der Waals surface area contributed by atoms with Crippen LogP contribution in [0.4, 0.5) is 0 Å². The summed E-state index contributed by atoms with van der Waals surface area (Å²) in [5.41, 5.74) is 2.20. The van der Waals surface area contributed by atoms with Gasteiger partial charge in [0.25, 0.3) is 0 Å². The van der Waals surface area contributed by atoms with Gasteiger partial charge in [-0.1, -0.05) is 55.3 Å². The van der Waals surface area contributed by atoms with Crippen LogP contribution in [0.25, 0.3) is 0 Å². The topological polar surface area (TPSA) is 104 Å². The van der Waals surface area contributed by atoms with E-state index in [4.69, 9.17) is 11.6 Å². The second-order valence-corrected chi connectivity index (χ2v) is 11.0. The minimum Gasteiger partial charge on any atom is -0.478 e. The number of rotatable bonds is 11. The standard InChI is InChI=1S/C27H30ClNO5S/c1-3-5-19-10-13-24(27(31)32)26(15-19)35(33,34)23-11-8-20(9-12-23)14-18(2)29-17-25(30)21-6-4-7-22(28)16-21/h4,6-13,15-16,18,25,29-30H,3,5,14,17H2,1-2H3,(H,31,32)/t18-,25-/m1/s1. The third-order valence-corrected chi connectivity index (χ3v) is 7.82. The molecule has 3 aromatic carbocycles. The molecule has 8 heteroatoms. The molecule has 3 N–H and O–H groups in total. The number of aromatic carboxylic acids is 1. The van der Waals surface area contributed by atoms with Gasteiger partial charge in [-0.15, -0.1) is 0 Å². The molecule has 0 aliphatic heterocycles. The average Bonchev–Trinajstić information content (AvgIpc) is 2.83. The molecule has 6 nitrogen and oxygen atoms in total. The SMILES string of the molecule is CCCc1ccc(C(=O)O)c(S(=O)(=O)c2ccc(C[C@@H](C)NC[C@@H](O)c3cccc(Cl)c3)cc2)c1. The first kappa shape index (κ1) is 26.9. The molecule has 2 atom stereocenters. The summed E-state index contributed by atoms with van der Waals surface area (Å²) in [5.74, 6) is -1.27. The van der Waals surface area contributed by atoms with E-state index >= 15 is 0 Å². The molecule has 0 saturated heterocycles. The quantitative estimate of drug-likeness (QED) is 0.329. The van der Waals surface area contributed by atoms with E-state index in [2.05, 4.69) is 5.32 Å². The van der Waals surface area contributed by atoms with E-state index in [1.54, 1.807) is 36.4 Å². The van der Waals surface area contributed by atoms with Gasteiger partial charge in [-0.05, 0) is 72.9 Å². The summed E-state index contributed by atoms with van der Waals surface area (Å²) in [6.45, 7) is 4.31. The van der Waals surface area contributed by atoms with Crippen molar-refractivity contribution in [3.63, 3.8) is 0 Å². The zero-order valence-electron chi connectivity index (χ0n) is 19.7. The second-order valence-electron chi connectivity index (χ2n) is 8.62. The molecule has 0 amide bonds. The van der Waals surface area contributed by atoms with Crippen molar-refractivity contribution in [1.82, 2.24) is 5.32 Å². The van der Waals surface area contributed by atoms with E-state index < -0.39 is 21.9 Å². The van der Waals surface area contributed by atoms with Crippen molar-refractivity contribution >= 4 is 27.4 Å². The lowest BCUT2D eigenvalue weighted by Crippen LogP contribution is -2.32. The number of carboxylic acids is 1. The van der Waals surface area contributed by atoms with Crippen molar-refractivity contribution < 1.29 is 23.4 Å². The Morgan fingerprint density at radius 2 is 1.71 bits per heavy atom. The fourth-order valence-electron chi connectivity index (χ4n) is 3.91. The number of nitrogens with one attached hydrogen (secondary N) is 1. The lowest BCUT2D eigenvalue weighted by Gasteiger charge is -2.18. The van der Waals surface area contributed by atoms with E-state index in [-0.39, 0.29) is 21.4 Å². The molecule has 3 aromatic rings. The van der Waals surface area contributed by atoms with Crippen LogP contribution in [-0.2, 0) is 22.7 Å². The maximum absolute atomic E-state index is 13.3. The van der Waals surface area contributed by atoms with E-state index in [1.807, 2.05) is 19.9 Å². The van der Waals surface area contributed by atoms with Crippen LogP contribution in [0, 0.1) is 0 Å². The summed E-state index contributed by atoms with van der Waals surface area (Å²) < 4.78 is 26.5. The Morgan fingerprint density at radius 1 is 1.03 bits per heavy atom. The minimum atomic E-state index is -4.00. The van der Waals surface area contributed by atoms with Crippen LogP contribution < -0.4 is 5.32 Å². The maximum atomic E-state index is 13.3. The Balaban J connectivity index is 1.70. The Bertz CT molecular complexity index is 1270. The molecule has 0 spiro atoms. The first-order chi connectivity index (χ1) is 16.6. The summed E-state index contributed by atoms with van der Waals surface area (Å²) in [7, 11) is -4.00. The van der Waals surface area contributed by atoms with Gasteiger partial charge in [-0.3, -0.25) is 0 Å². The number of aryl methyl sites for hydroxylation is 1. The summed E-state index contributed by atoms with van der Waals surface area (Å²) >= 11 is 5.99. The monoisotopic (exact) mass is 515 g/mol. The van der Waals surface area contributed by atoms with Crippen LogP contribution in [0.1, 0.15) is 53.4 Å². The van der Waals surface area contributed by atoms with Gasteiger partial charge < -0.3 is 15.5 Å². The molecular formula is C27H30ClNO5S. The van der Waals surface area contributed by atoms with E-state index in [1.165, 1.54) is 24.3 Å². The minimum absolute atomic E-state index is 0.0237. The van der Waals surface area contributed by atoms with E-state index in [0.29, 0.717) is 24.4 Å². The Hall–Kier alpha value is -2.71. The molecule has 0 aliphatic rings. The van der Waals surface area contributed by atoms with Crippen molar-refractivity contribution in [1.29, 1.82) is 0 Å². The fourth-order valence-corrected chi connectivity index (χ4v) is 5.61. The summed E-state index contributed by atoms with van der Waals surface area (Å²) in [4.78, 5) is 11.5. The number of carbonyl (C=O) groups is 1. The molecule has 3 rings (SSSR count). The highest BCUT2D eigenvalue weighted by Gasteiger charge is 2.25. The molecule has 0 saturated carbocycles. The molecule has 0 unspecified atom stereocenters. The predicted molar refractivity (Wildman–Crippen MR) is 137 cm³/mol. The third kappa shape index (κ3) is 6.92. The highest BCUT2D eigenvalue weighted by Crippen LogP contribution is 2.27. The van der Waals surface area contributed by atoms with Crippen molar-refractivity contribution in [3.8, 4) is 0 Å². The van der Waals surface area contributed by atoms with E-state index in [0.717, 1.165) is 23.1 Å². The van der Waals surface area contributed by atoms with Crippen LogP contribution in [0.15, 0.2) is 76.5 Å². The first-order valence-corrected chi connectivity index (χ1v) is 13.3. The summed E-state index contributed by atoms with van der Waals surface area (Å²) in [6.07, 6.45) is 1.41. The van der Waals surface area contributed by atoms with E-state index in [9.17, 15) is 23.4 Å². The number of hydrogen-bond acceptors (Lipinski definition) is 5. The van der Waals surface area contributed by atoms with Crippen molar-refractivity contribution in [2.75, 3.05) is 6.54 Å². The first-order valence-electron chi connectivity index (χ1n) is 11.5. The molecular weight excluding hydrogens is 486 g/mol. The Morgan fingerprint density at radius 3 is 2.34 bits per heavy atom. The highest BCUT2D eigenvalue weighted by molar-refractivity contribution is 7.91. The fraction of sp³-hybridized carbons (Fsp3) is 0.296. The van der Waals surface area contributed by atoms with Crippen LogP contribution in [-0.4, -0.2) is 37.2 Å². The number of halogens is 1. The molecule has 0 radical (unpaired) electrons. The van der Waals surface area contributed by atoms with Gasteiger partial charge in [0.15, 0.2) is 0 Å². The smallest absolute Gasteiger partial charge is 0.337 e. The number of aliphatic hydroxyl groups is 1. The van der Waals surface area contributed by atoms with Gasteiger partial charge in [0.2, 0.25) is 9.84 Å². The molecule has 0 heterocycles. The number of sulfone groups is 1. The van der Waals surface area contributed by atoms with Gasteiger partial charge in [-0.2, -0.15) is 0 Å². The van der Waals surface area contributed by atoms with Crippen LogP contribution in [0.2, 0.25) is 5.02 Å². The van der Waals surface area contributed by atoms with Gasteiger partial charge in [-0.25, -0.2) is 13.2 Å². The number of aliphatic hydroxyl groups excluding tert-OH is 1. The summed E-state index contributed by atoms with van der Waals surface area (Å²) in [6, 6.07) is 18.1. The normalized spacial score (nSPS) is 13.4. The van der Waals surface area contributed by atoms with Gasteiger partial charge in [0.05, 0.1) is 21.5 Å². The van der Waals surface area contributed by atoms with Crippen LogP contribution in [0.3, 0.4) is 0 Å². The van der Waals surface area contributed by atoms with Gasteiger partial charge >= 0.3 is 5.97 Å². The van der Waals surface area contributed by atoms with Gasteiger partial charge in [0, 0.05) is 17.6 Å². The molecule has 186 valence electrons. The molecule has 0 fully saturated rings. The molecule has 35 heavy (non-hydrogen) atoms. The third-order valence-electron chi connectivity index (χ3n) is 5.77. The van der Waals surface area contributed by atoms with Crippen LogP contribution >= 0.6 is 11.6 Å². The van der Waals surface area contributed by atoms with Crippen LogP contribution in [0.5, 0.6) is 0 Å². The zero-order chi connectivity index (χ0) is 25.6. The maximum Gasteiger partial charge on any atom is 0.337 e. The number of hydrogen-bond donors (Lipinski definition) is 3. The molecule has 0 bridgehead atoms. The largest absolute Gasteiger partial charge is 0.478 e. The van der Waals surface area contributed by atoms with Crippen molar-refractivity contribution in [3.05, 3.63) is 94.0 Å². The van der Waals surface area contributed by atoms with Crippen molar-refractivity contribution in [2.45, 2.75) is 55.0 Å². The molecule has 0 aliphatic carbocycles. The predicted octanol–water partition coefficient (Wildman–Crippen LogP) is 5.08. The average molecular weight is 516 g/mol. The lowest BCUT2D eigenvalue weighted by molar-refractivity contribution is 0.0692. The molecule has 0 aromatic heterocycles. The summed E-state index contributed by atoms with van der Waals surface area (Å²) in [5, 5.41) is 23.7.